The van der Waals surface area contributed by atoms with E-state index in [-0.39, 0.29) is 5.91 Å². The molecule has 1 amide bonds. The summed E-state index contributed by atoms with van der Waals surface area (Å²) >= 11 is 0. The fourth-order valence-electron chi connectivity index (χ4n) is 2.91. The van der Waals surface area contributed by atoms with Gasteiger partial charge in [-0.25, -0.2) is 4.98 Å². The van der Waals surface area contributed by atoms with E-state index < -0.39 is 0 Å². The normalized spacial score (nSPS) is 24.0. The highest BCUT2D eigenvalue weighted by atomic mass is 16.2. The summed E-state index contributed by atoms with van der Waals surface area (Å²) in [5, 5.41) is 0. The summed E-state index contributed by atoms with van der Waals surface area (Å²) < 4.78 is 0. The van der Waals surface area contributed by atoms with Crippen LogP contribution in [-0.4, -0.2) is 52.9 Å². The first-order chi connectivity index (χ1) is 8.74. The molecule has 1 aromatic rings. The summed E-state index contributed by atoms with van der Waals surface area (Å²) in [5.41, 5.74) is 6.08. The first-order valence-corrected chi connectivity index (χ1v) is 6.50. The number of nitrogens with two attached hydrogens (primary N) is 1. The first kappa shape index (κ1) is 11.5. The maximum Gasteiger partial charge on any atom is 0.272 e. The molecule has 2 aliphatic heterocycles. The lowest BCUT2D eigenvalue weighted by Gasteiger charge is -2.37. The van der Waals surface area contributed by atoms with Crippen molar-refractivity contribution in [3.8, 4) is 0 Å². The summed E-state index contributed by atoms with van der Waals surface area (Å²) in [6.45, 7) is 3.79. The fourth-order valence-corrected chi connectivity index (χ4v) is 2.91. The Bertz CT molecular complexity index is 462. The summed E-state index contributed by atoms with van der Waals surface area (Å²) in [6, 6.07) is 5.76. The molecule has 0 aliphatic carbocycles. The minimum Gasteiger partial charge on any atom is -0.384 e. The largest absolute Gasteiger partial charge is 0.384 e. The predicted octanol–water partition coefficient (Wildman–Crippen LogP) is 0.584. The van der Waals surface area contributed by atoms with Crippen LogP contribution in [-0.2, 0) is 0 Å². The zero-order valence-electron chi connectivity index (χ0n) is 10.4. The number of rotatable bonds is 1. The van der Waals surface area contributed by atoms with E-state index >= 15 is 0 Å². The van der Waals surface area contributed by atoms with Gasteiger partial charge in [0.1, 0.15) is 11.5 Å². The molecule has 1 unspecified atom stereocenters. The highest BCUT2D eigenvalue weighted by Gasteiger charge is 2.32. The van der Waals surface area contributed by atoms with Gasteiger partial charge in [-0.3, -0.25) is 9.69 Å². The average Bonchev–Trinajstić information content (AvgIpc) is 2.85. The number of piperazine rings is 1. The second-order valence-electron chi connectivity index (χ2n) is 5.03. The smallest absolute Gasteiger partial charge is 0.272 e. The van der Waals surface area contributed by atoms with Crippen molar-refractivity contribution in [2.24, 2.45) is 0 Å². The van der Waals surface area contributed by atoms with Crippen LogP contribution in [0.2, 0.25) is 0 Å². The maximum absolute atomic E-state index is 12.3. The van der Waals surface area contributed by atoms with Gasteiger partial charge in [0.2, 0.25) is 0 Å². The predicted molar refractivity (Wildman–Crippen MR) is 69.1 cm³/mol. The minimum absolute atomic E-state index is 0.00819. The van der Waals surface area contributed by atoms with Crippen molar-refractivity contribution in [3.05, 3.63) is 23.9 Å². The molecule has 2 fully saturated rings. The van der Waals surface area contributed by atoms with Crippen molar-refractivity contribution in [1.29, 1.82) is 0 Å². The Balaban J connectivity index is 1.73. The SMILES string of the molecule is Nc1cccc(C(=O)N2CCN3CCCC3C2)n1. The lowest BCUT2D eigenvalue weighted by Crippen LogP contribution is -2.52. The van der Waals surface area contributed by atoms with Crippen LogP contribution in [0.25, 0.3) is 0 Å². The molecule has 3 heterocycles. The molecule has 2 aliphatic rings. The Morgan fingerprint density at radius 3 is 3.06 bits per heavy atom. The summed E-state index contributed by atoms with van der Waals surface area (Å²) in [4.78, 5) is 20.8. The van der Waals surface area contributed by atoms with E-state index in [9.17, 15) is 4.79 Å². The molecule has 0 spiro atoms. The molecular weight excluding hydrogens is 228 g/mol. The van der Waals surface area contributed by atoms with Crippen molar-refractivity contribution in [2.75, 3.05) is 31.9 Å². The quantitative estimate of drug-likeness (QED) is 0.787. The number of nitrogen functional groups attached to an aromatic ring is 1. The van der Waals surface area contributed by atoms with E-state index in [1.54, 1.807) is 18.2 Å². The molecule has 2 N–H and O–H groups in total. The number of hydrogen-bond donors (Lipinski definition) is 1. The molecule has 1 atom stereocenters. The van der Waals surface area contributed by atoms with Gasteiger partial charge in [0.25, 0.3) is 5.91 Å². The number of hydrogen-bond acceptors (Lipinski definition) is 4. The maximum atomic E-state index is 12.3. The van der Waals surface area contributed by atoms with Gasteiger partial charge in [0, 0.05) is 25.7 Å². The van der Waals surface area contributed by atoms with Gasteiger partial charge in [-0.05, 0) is 31.5 Å². The number of pyridine rings is 1. The molecule has 3 rings (SSSR count). The number of anilines is 1. The van der Waals surface area contributed by atoms with Crippen LogP contribution in [0.5, 0.6) is 0 Å². The van der Waals surface area contributed by atoms with Crippen LogP contribution in [0, 0.1) is 0 Å². The zero-order chi connectivity index (χ0) is 12.5. The van der Waals surface area contributed by atoms with E-state index in [0.717, 1.165) is 19.6 Å². The third-order valence-corrected chi connectivity index (χ3v) is 3.86. The second kappa shape index (κ2) is 4.57. The molecule has 2 saturated heterocycles. The van der Waals surface area contributed by atoms with Crippen LogP contribution < -0.4 is 5.73 Å². The van der Waals surface area contributed by atoms with Gasteiger partial charge in [-0.15, -0.1) is 0 Å². The van der Waals surface area contributed by atoms with Crippen LogP contribution in [0.4, 0.5) is 5.82 Å². The number of nitrogens with zero attached hydrogens (tertiary/aromatic N) is 3. The van der Waals surface area contributed by atoms with Gasteiger partial charge in [-0.2, -0.15) is 0 Å². The number of carbonyl (C=O) groups excluding carboxylic acids is 1. The number of carbonyl (C=O) groups is 1. The van der Waals surface area contributed by atoms with Crippen LogP contribution in [0.3, 0.4) is 0 Å². The third-order valence-electron chi connectivity index (χ3n) is 3.86. The monoisotopic (exact) mass is 246 g/mol. The molecule has 5 heteroatoms. The Morgan fingerprint density at radius 2 is 2.22 bits per heavy atom. The summed E-state index contributed by atoms with van der Waals surface area (Å²) in [6.07, 6.45) is 2.46. The molecular formula is C13H18N4O. The Hall–Kier alpha value is -1.62. The van der Waals surface area contributed by atoms with Crippen molar-refractivity contribution in [2.45, 2.75) is 18.9 Å². The second-order valence-corrected chi connectivity index (χ2v) is 5.03. The fraction of sp³-hybridized carbons (Fsp3) is 0.538. The summed E-state index contributed by atoms with van der Waals surface area (Å²) in [5.74, 6) is 0.411. The van der Waals surface area contributed by atoms with Crippen molar-refractivity contribution in [3.63, 3.8) is 0 Å². The number of fused-ring (bicyclic) bond motifs is 1. The third kappa shape index (κ3) is 2.06. The highest BCUT2D eigenvalue weighted by Crippen LogP contribution is 2.22. The number of aromatic nitrogens is 1. The number of amides is 1. The van der Waals surface area contributed by atoms with E-state index in [0.29, 0.717) is 17.6 Å². The van der Waals surface area contributed by atoms with Crippen molar-refractivity contribution < 1.29 is 4.79 Å². The molecule has 0 radical (unpaired) electrons. The van der Waals surface area contributed by atoms with E-state index in [1.165, 1.54) is 19.4 Å². The Kier molecular flexibility index (Phi) is 2.91. The van der Waals surface area contributed by atoms with E-state index in [4.69, 9.17) is 5.73 Å². The Morgan fingerprint density at radius 1 is 1.33 bits per heavy atom. The standard InChI is InChI=1S/C13H18N4O/c14-12-5-1-4-11(15-12)13(18)17-8-7-16-6-2-3-10(16)9-17/h1,4-5,10H,2-3,6-9H2,(H2,14,15). The van der Waals surface area contributed by atoms with Crippen LogP contribution in [0.1, 0.15) is 23.3 Å². The topological polar surface area (TPSA) is 62.5 Å². The lowest BCUT2D eigenvalue weighted by atomic mass is 10.1. The zero-order valence-corrected chi connectivity index (χ0v) is 10.4. The molecule has 18 heavy (non-hydrogen) atoms. The van der Waals surface area contributed by atoms with Crippen LogP contribution >= 0.6 is 0 Å². The average molecular weight is 246 g/mol. The Labute approximate surface area is 107 Å². The molecule has 0 aromatic carbocycles. The molecule has 5 nitrogen and oxygen atoms in total. The minimum atomic E-state index is 0.00819. The van der Waals surface area contributed by atoms with Crippen molar-refractivity contribution >= 4 is 11.7 Å². The van der Waals surface area contributed by atoms with Crippen molar-refractivity contribution in [1.82, 2.24) is 14.8 Å². The van der Waals surface area contributed by atoms with Gasteiger partial charge in [-0.1, -0.05) is 6.07 Å². The highest BCUT2D eigenvalue weighted by molar-refractivity contribution is 5.92. The molecule has 0 saturated carbocycles. The van der Waals surface area contributed by atoms with Gasteiger partial charge in [0.15, 0.2) is 0 Å². The lowest BCUT2D eigenvalue weighted by molar-refractivity contribution is 0.0566. The molecule has 0 bridgehead atoms. The summed E-state index contributed by atoms with van der Waals surface area (Å²) in [7, 11) is 0. The van der Waals surface area contributed by atoms with E-state index in [2.05, 4.69) is 9.88 Å². The molecule has 1 aromatic heterocycles. The van der Waals surface area contributed by atoms with Crippen LogP contribution in [0.15, 0.2) is 18.2 Å². The first-order valence-electron chi connectivity index (χ1n) is 6.50. The molecule has 96 valence electrons. The van der Waals surface area contributed by atoms with Gasteiger partial charge < -0.3 is 10.6 Å². The van der Waals surface area contributed by atoms with Gasteiger partial charge >= 0.3 is 0 Å². The van der Waals surface area contributed by atoms with E-state index in [1.807, 2.05) is 4.90 Å². The van der Waals surface area contributed by atoms with Gasteiger partial charge in [0.05, 0.1) is 0 Å².